The number of nitrogens with zero attached hydrogens (tertiary/aromatic N) is 2. The van der Waals surface area contributed by atoms with E-state index in [2.05, 4.69) is 5.32 Å². The number of aliphatic hydroxyl groups excluding tert-OH is 1. The SMILES string of the molecule is O=c1c2c(Cl)cccc2nc([C@@H]2C[C@H](O)CN2)n1-c1ccccc1. The highest BCUT2D eigenvalue weighted by atomic mass is 35.5. The maximum absolute atomic E-state index is 13.2. The highest BCUT2D eigenvalue weighted by Gasteiger charge is 2.28. The van der Waals surface area contributed by atoms with Gasteiger partial charge in [0.25, 0.3) is 5.56 Å². The number of aromatic nitrogens is 2. The third kappa shape index (κ3) is 2.51. The normalized spacial score (nSPS) is 20.6. The third-order valence-electron chi connectivity index (χ3n) is 4.31. The Labute approximate surface area is 143 Å². The van der Waals surface area contributed by atoms with Gasteiger partial charge in [0.2, 0.25) is 0 Å². The summed E-state index contributed by atoms with van der Waals surface area (Å²) >= 11 is 6.25. The fourth-order valence-electron chi connectivity index (χ4n) is 3.18. The topological polar surface area (TPSA) is 67.2 Å². The van der Waals surface area contributed by atoms with E-state index < -0.39 is 6.10 Å². The van der Waals surface area contributed by atoms with Crippen molar-refractivity contribution >= 4 is 22.5 Å². The molecular formula is C18H16ClN3O2. The van der Waals surface area contributed by atoms with Gasteiger partial charge in [-0.25, -0.2) is 4.98 Å². The number of fused-ring (bicyclic) bond motifs is 1. The van der Waals surface area contributed by atoms with Gasteiger partial charge < -0.3 is 10.4 Å². The van der Waals surface area contributed by atoms with E-state index in [1.807, 2.05) is 30.3 Å². The molecule has 6 heteroatoms. The summed E-state index contributed by atoms with van der Waals surface area (Å²) in [6, 6.07) is 14.4. The standard InChI is InChI=1S/C18H16ClN3O2/c19-13-7-4-8-14-16(13)18(24)22(11-5-2-1-3-6-11)17(21-14)15-9-12(23)10-20-15/h1-8,12,15,20,23H,9-10H2/t12-,15-/m0/s1. The average Bonchev–Trinajstić information content (AvgIpc) is 3.02. The van der Waals surface area contributed by atoms with Crippen LogP contribution in [0.2, 0.25) is 5.02 Å². The minimum absolute atomic E-state index is 0.184. The van der Waals surface area contributed by atoms with Crippen molar-refractivity contribution in [2.24, 2.45) is 0 Å². The van der Waals surface area contributed by atoms with Gasteiger partial charge in [-0.1, -0.05) is 35.9 Å². The Balaban J connectivity index is 2.04. The molecule has 0 amide bonds. The Bertz CT molecular complexity index is 956. The number of aliphatic hydroxyl groups is 1. The highest BCUT2D eigenvalue weighted by Crippen LogP contribution is 2.26. The Hall–Kier alpha value is -2.21. The Morgan fingerprint density at radius 3 is 2.67 bits per heavy atom. The molecule has 1 aliphatic rings. The van der Waals surface area contributed by atoms with Crippen LogP contribution in [0.15, 0.2) is 53.3 Å². The van der Waals surface area contributed by atoms with Crippen LogP contribution in [0.1, 0.15) is 18.3 Å². The van der Waals surface area contributed by atoms with E-state index in [0.29, 0.717) is 34.7 Å². The molecule has 1 fully saturated rings. The first-order valence-corrected chi connectivity index (χ1v) is 8.21. The Kier molecular flexibility index (Phi) is 3.84. The van der Waals surface area contributed by atoms with Crippen molar-refractivity contribution in [2.75, 3.05) is 6.54 Å². The van der Waals surface area contributed by atoms with Crippen molar-refractivity contribution in [1.29, 1.82) is 0 Å². The molecular weight excluding hydrogens is 326 g/mol. The van der Waals surface area contributed by atoms with E-state index >= 15 is 0 Å². The molecule has 0 radical (unpaired) electrons. The molecule has 0 bridgehead atoms. The van der Waals surface area contributed by atoms with Crippen LogP contribution in [-0.2, 0) is 0 Å². The predicted octanol–water partition coefficient (Wildman–Crippen LogP) is 2.43. The number of hydrogen-bond acceptors (Lipinski definition) is 4. The summed E-state index contributed by atoms with van der Waals surface area (Å²) < 4.78 is 1.59. The van der Waals surface area contributed by atoms with Gasteiger partial charge in [0.05, 0.1) is 33.8 Å². The first-order chi connectivity index (χ1) is 11.6. The quantitative estimate of drug-likeness (QED) is 0.751. The molecule has 2 atom stereocenters. The predicted molar refractivity (Wildman–Crippen MR) is 93.7 cm³/mol. The van der Waals surface area contributed by atoms with Crippen molar-refractivity contribution in [1.82, 2.24) is 14.9 Å². The second-order valence-corrected chi connectivity index (χ2v) is 6.34. The van der Waals surface area contributed by atoms with Crippen molar-refractivity contribution in [3.8, 4) is 5.69 Å². The molecule has 2 heterocycles. The van der Waals surface area contributed by atoms with Crippen molar-refractivity contribution in [3.05, 3.63) is 69.7 Å². The van der Waals surface area contributed by atoms with Crippen LogP contribution in [0.3, 0.4) is 0 Å². The largest absolute Gasteiger partial charge is 0.392 e. The number of halogens is 1. The highest BCUT2D eigenvalue weighted by molar-refractivity contribution is 6.35. The van der Waals surface area contributed by atoms with Crippen LogP contribution in [0.4, 0.5) is 0 Å². The van der Waals surface area contributed by atoms with E-state index in [1.165, 1.54) is 0 Å². The summed E-state index contributed by atoms with van der Waals surface area (Å²) in [6.45, 7) is 0.489. The molecule has 1 saturated heterocycles. The van der Waals surface area contributed by atoms with Crippen LogP contribution in [0.25, 0.3) is 16.6 Å². The fourth-order valence-corrected chi connectivity index (χ4v) is 3.43. The first-order valence-electron chi connectivity index (χ1n) is 7.83. The van der Waals surface area contributed by atoms with Gasteiger partial charge in [-0.2, -0.15) is 0 Å². The van der Waals surface area contributed by atoms with Crippen molar-refractivity contribution < 1.29 is 5.11 Å². The zero-order valence-electron chi connectivity index (χ0n) is 12.8. The van der Waals surface area contributed by atoms with Gasteiger partial charge in [0.1, 0.15) is 5.82 Å². The summed E-state index contributed by atoms with van der Waals surface area (Å²) in [4.78, 5) is 17.9. The molecule has 5 nitrogen and oxygen atoms in total. The van der Waals surface area contributed by atoms with E-state index in [0.717, 1.165) is 5.69 Å². The zero-order chi connectivity index (χ0) is 16.7. The van der Waals surface area contributed by atoms with Gasteiger partial charge in [0.15, 0.2) is 0 Å². The molecule has 1 aromatic heterocycles. The number of β-amino-alcohol motifs (C(OH)–C–C–N with tert-alkyl or cyclic N) is 1. The number of para-hydroxylation sites is 1. The summed E-state index contributed by atoms with van der Waals surface area (Å²) in [6.07, 6.45) is 0.0805. The third-order valence-corrected chi connectivity index (χ3v) is 4.62. The minimum atomic E-state index is -0.439. The molecule has 24 heavy (non-hydrogen) atoms. The van der Waals surface area contributed by atoms with E-state index in [9.17, 15) is 9.90 Å². The monoisotopic (exact) mass is 341 g/mol. The van der Waals surface area contributed by atoms with Gasteiger partial charge in [-0.15, -0.1) is 0 Å². The summed E-state index contributed by atoms with van der Waals surface area (Å²) in [7, 11) is 0. The van der Waals surface area contributed by atoms with Gasteiger partial charge in [-0.05, 0) is 30.7 Å². The molecule has 2 aromatic carbocycles. The molecule has 0 aliphatic carbocycles. The van der Waals surface area contributed by atoms with Gasteiger partial charge in [0, 0.05) is 6.54 Å². The second-order valence-electron chi connectivity index (χ2n) is 5.93. The fraction of sp³-hybridized carbons (Fsp3) is 0.222. The smallest absolute Gasteiger partial charge is 0.267 e. The zero-order valence-corrected chi connectivity index (χ0v) is 13.6. The van der Waals surface area contributed by atoms with Crippen LogP contribution < -0.4 is 10.9 Å². The van der Waals surface area contributed by atoms with Crippen LogP contribution in [-0.4, -0.2) is 27.3 Å². The van der Waals surface area contributed by atoms with Crippen molar-refractivity contribution in [2.45, 2.75) is 18.6 Å². The molecule has 0 unspecified atom stereocenters. The molecule has 0 saturated carbocycles. The maximum atomic E-state index is 13.2. The molecule has 122 valence electrons. The molecule has 0 spiro atoms. The number of rotatable bonds is 2. The number of hydrogen-bond donors (Lipinski definition) is 2. The number of nitrogens with one attached hydrogen (secondary N) is 1. The maximum Gasteiger partial charge on any atom is 0.267 e. The van der Waals surface area contributed by atoms with Crippen LogP contribution >= 0.6 is 11.6 Å². The molecule has 1 aliphatic heterocycles. The molecule has 4 rings (SSSR count). The van der Waals surface area contributed by atoms with Gasteiger partial charge >= 0.3 is 0 Å². The van der Waals surface area contributed by atoms with Crippen LogP contribution in [0, 0.1) is 0 Å². The lowest BCUT2D eigenvalue weighted by atomic mass is 10.1. The minimum Gasteiger partial charge on any atom is -0.392 e. The average molecular weight is 342 g/mol. The van der Waals surface area contributed by atoms with Crippen LogP contribution in [0.5, 0.6) is 0 Å². The van der Waals surface area contributed by atoms with Crippen molar-refractivity contribution in [3.63, 3.8) is 0 Å². The lowest BCUT2D eigenvalue weighted by molar-refractivity contribution is 0.193. The summed E-state index contributed by atoms with van der Waals surface area (Å²) in [5.74, 6) is 0.595. The van der Waals surface area contributed by atoms with Gasteiger partial charge in [-0.3, -0.25) is 9.36 Å². The molecule has 3 aromatic rings. The second kappa shape index (κ2) is 6.02. The Morgan fingerprint density at radius 2 is 1.96 bits per heavy atom. The van der Waals surface area contributed by atoms with E-state index in [1.54, 1.807) is 22.8 Å². The lowest BCUT2D eigenvalue weighted by Crippen LogP contribution is -2.28. The molecule has 2 N–H and O–H groups in total. The number of benzene rings is 2. The lowest BCUT2D eigenvalue weighted by Gasteiger charge is -2.18. The summed E-state index contributed by atoms with van der Waals surface area (Å²) in [5, 5.41) is 13.9. The first kappa shape index (κ1) is 15.3. The Morgan fingerprint density at radius 1 is 1.17 bits per heavy atom. The summed E-state index contributed by atoms with van der Waals surface area (Å²) in [5.41, 5.74) is 1.10. The van der Waals surface area contributed by atoms with E-state index in [-0.39, 0.29) is 11.6 Å². The van der Waals surface area contributed by atoms with E-state index in [4.69, 9.17) is 16.6 Å².